The molecule has 2 aromatic heterocycles. The van der Waals surface area contributed by atoms with Gasteiger partial charge in [0.05, 0.1) is 11.0 Å². The van der Waals surface area contributed by atoms with Crippen LogP contribution >= 0.6 is 0 Å². The fraction of sp³-hybridized carbons (Fsp3) is 0. The summed E-state index contributed by atoms with van der Waals surface area (Å²) in [5, 5.41) is 2.51. The van der Waals surface area contributed by atoms with Gasteiger partial charge in [-0.3, -0.25) is 4.57 Å². The van der Waals surface area contributed by atoms with Crippen LogP contribution in [0.2, 0.25) is 0 Å². The highest BCUT2D eigenvalue weighted by atomic mass is 15.1. The van der Waals surface area contributed by atoms with Gasteiger partial charge >= 0.3 is 0 Å². The van der Waals surface area contributed by atoms with Crippen molar-refractivity contribution < 1.29 is 0 Å². The van der Waals surface area contributed by atoms with Crippen molar-refractivity contribution in [3.63, 3.8) is 0 Å². The molecule has 0 fully saturated rings. The van der Waals surface area contributed by atoms with E-state index in [1.165, 1.54) is 32.9 Å². The van der Waals surface area contributed by atoms with Crippen LogP contribution in [0, 0.1) is 0 Å². The van der Waals surface area contributed by atoms with Gasteiger partial charge < -0.3 is 0 Å². The molecule has 0 radical (unpaired) electrons. The van der Waals surface area contributed by atoms with Gasteiger partial charge in [-0.25, -0.2) is 4.98 Å². The van der Waals surface area contributed by atoms with Crippen molar-refractivity contribution in [3.8, 4) is 16.9 Å². The molecule has 118 valence electrons. The number of rotatable bonds is 2. The normalized spacial score (nSPS) is 11.2. The molecule has 3 aromatic carbocycles. The molecular weight excluding hydrogens is 304 g/mol. The van der Waals surface area contributed by atoms with E-state index in [0.29, 0.717) is 0 Å². The number of fused-ring (bicyclic) bond motifs is 3. The van der Waals surface area contributed by atoms with Crippen molar-refractivity contribution in [1.29, 1.82) is 0 Å². The smallest absolute Gasteiger partial charge is 0.138 e. The largest absolute Gasteiger partial charge is 0.294 e. The van der Waals surface area contributed by atoms with Crippen molar-refractivity contribution in [3.05, 3.63) is 97.2 Å². The maximum absolute atomic E-state index is 4.67. The zero-order chi connectivity index (χ0) is 16.6. The molecule has 2 nitrogen and oxygen atoms in total. The van der Waals surface area contributed by atoms with Gasteiger partial charge in [-0.2, -0.15) is 0 Å². The van der Waals surface area contributed by atoms with Gasteiger partial charge in [0.25, 0.3) is 0 Å². The predicted octanol–water partition coefficient (Wildman–Crippen LogP) is 5.85. The first-order valence-electron chi connectivity index (χ1n) is 8.42. The van der Waals surface area contributed by atoms with Crippen LogP contribution in [0.15, 0.2) is 97.2 Å². The number of para-hydroxylation sites is 2. The molecular formula is C23H16N2. The van der Waals surface area contributed by atoms with E-state index in [4.69, 9.17) is 0 Å². The Kier molecular flexibility index (Phi) is 3.14. The van der Waals surface area contributed by atoms with Gasteiger partial charge in [0, 0.05) is 17.0 Å². The maximum atomic E-state index is 4.67. The summed E-state index contributed by atoms with van der Waals surface area (Å²) >= 11 is 0. The van der Waals surface area contributed by atoms with Crippen LogP contribution in [0.25, 0.3) is 38.8 Å². The Morgan fingerprint density at radius 3 is 1.84 bits per heavy atom. The lowest BCUT2D eigenvalue weighted by Gasteiger charge is -2.09. The highest BCUT2D eigenvalue weighted by Crippen LogP contribution is 2.32. The Labute approximate surface area is 146 Å². The summed E-state index contributed by atoms with van der Waals surface area (Å²) in [6.45, 7) is 0. The second-order valence-corrected chi connectivity index (χ2v) is 6.14. The summed E-state index contributed by atoms with van der Waals surface area (Å²) in [4.78, 5) is 4.67. The second kappa shape index (κ2) is 5.60. The zero-order valence-electron chi connectivity index (χ0n) is 13.6. The van der Waals surface area contributed by atoms with Crippen LogP contribution in [0.4, 0.5) is 0 Å². The highest BCUT2D eigenvalue weighted by molar-refractivity contribution is 6.09. The van der Waals surface area contributed by atoms with E-state index in [1.54, 1.807) is 0 Å². The molecule has 0 bridgehead atoms. The van der Waals surface area contributed by atoms with Crippen molar-refractivity contribution in [2.75, 3.05) is 0 Å². The topological polar surface area (TPSA) is 17.8 Å². The summed E-state index contributed by atoms with van der Waals surface area (Å²) in [5.74, 6) is 0.943. The van der Waals surface area contributed by atoms with E-state index in [0.717, 1.165) is 5.82 Å². The Balaban J connectivity index is 1.81. The molecule has 0 aliphatic carbocycles. The summed E-state index contributed by atoms with van der Waals surface area (Å²) in [5.41, 5.74) is 4.74. The average Bonchev–Trinajstić information content (AvgIpc) is 3.03. The van der Waals surface area contributed by atoms with Crippen LogP contribution in [0.1, 0.15) is 0 Å². The minimum Gasteiger partial charge on any atom is -0.294 e. The zero-order valence-corrected chi connectivity index (χ0v) is 13.6. The molecule has 0 amide bonds. The van der Waals surface area contributed by atoms with Crippen molar-refractivity contribution in [2.45, 2.75) is 0 Å². The fourth-order valence-corrected chi connectivity index (χ4v) is 3.52. The van der Waals surface area contributed by atoms with E-state index >= 15 is 0 Å². The van der Waals surface area contributed by atoms with E-state index in [-0.39, 0.29) is 0 Å². The number of benzene rings is 3. The molecule has 5 aromatic rings. The number of pyridine rings is 1. The number of aromatic nitrogens is 2. The second-order valence-electron chi connectivity index (χ2n) is 6.14. The van der Waals surface area contributed by atoms with Gasteiger partial charge in [0.1, 0.15) is 5.82 Å². The van der Waals surface area contributed by atoms with Crippen LogP contribution in [-0.4, -0.2) is 9.55 Å². The van der Waals surface area contributed by atoms with Crippen molar-refractivity contribution in [2.24, 2.45) is 0 Å². The monoisotopic (exact) mass is 320 g/mol. The lowest BCUT2D eigenvalue weighted by molar-refractivity contribution is 1.08. The van der Waals surface area contributed by atoms with Gasteiger partial charge in [0.15, 0.2) is 0 Å². The molecule has 2 heteroatoms. The van der Waals surface area contributed by atoms with E-state index < -0.39 is 0 Å². The average molecular weight is 320 g/mol. The Bertz CT molecular complexity index is 1130. The third-order valence-electron chi connectivity index (χ3n) is 4.66. The number of hydrogen-bond donors (Lipinski definition) is 0. The number of hydrogen-bond acceptors (Lipinski definition) is 1. The van der Waals surface area contributed by atoms with Crippen molar-refractivity contribution in [1.82, 2.24) is 9.55 Å². The van der Waals surface area contributed by atoms with E-state index in [2.05, 4.69) is 94.5 Å². The molecule has 25 heavy (non-hydrogen) atoms. The van der Waals surface area contributed by atoms with E-state index in [9.17, 15) is 0 Å². The predicted molar refractivity (Wildman–Crippen MR) is 104 cm³/mol. The van der Waals surface area contributed by atoms with Crippen LogP contribution in [0.5, 0.6) is 0 Å². The SMILES string of the molecule is c1ccc(-c2ccnc(-n3c4ccccc4c4ccccc43)c2)cc1. The van der Waals surface area contributed by atoms with Crippen LogP contribution in [-0.2, 0) is 0 Å². The third-order valence-corrected chi connectivity index (χ3v) is 4.66. The highest BCUT2D eigenvalue weighted by Gasteiger charge is 2.12. The summed E-state index contributed by atoms with van der Waals surface area (Å²) in [6.07, 6.45) is 1.89. The molecule has 0 N–H and O–H groups in total. The first-order valence-corrected chi connectivity index (χ1v) is 8.42. The first-order chi connectivity index (χ1) is 12.4. The molecule has 5 rings (SSSR count). The standard InChI is InChI=1S/C23H16N2/c1-2-8-17(9-3-1)18-14-15-24-23(16-18)25-21-12-6-4-10-19(21)20-11-5-7-13-22(20)25/h1-16H. The van der Waals surface area contributed by atoms with E-state index in [1.807, 2.05) is 12.3 Å². The molecule has 0 spiro atoms. The number of nitrogens with zero attached hydrogens (tertiary/aromatic N) is 2. The molecule has 0 aliphatic rings. The first kappa shape index (κ1) is 14.0. The molecule has 2 heterocycles. The van der Waals surface area contributed by atoms with Gasteiger partial charge in [-0.1, -0.05) is 66.7 Å². The Morgan fingerprint density at radius 1 is 0.560 bits per heavy atom. The third kappa shape index (κ3) is 2.23. The minimum absolute atomic E-state index is 0.943. The van der Waals surface area contributed by atoms with Crippen molar-refractivity contribution >= 4 is 21.8 Å². The molecule has 0 aliphatic heterocycles. The summed E-state index contributed by atoms with van der Waals surface area (Å²) in [6, 6.07) is 31.7. The fourth-order valence-electron chi connectivity index (χ4n) is 3.52. The Morgan fingerprint density at radius 2 is 1.16 bits per heavy atom. The van der Waals surface area contributed by atoms with Gasteiger partial charge in [0.2, 0.25) is 0 Å². The molecule has 0 saturated carbocycles. The van der Waals surface area contributed by atoms with Gasteiger partial charge in [-0.15, -0.1) is 0 Å². The molecule has 0 saturated heterocycles. The maximum Gasteiger partial charge on any atom is 0.138 e. The minimum atomic E-state index is 0.943. The Hall–Kier alpha value is -3.39. The molecule has 0 atom stereocenters. The lowest BCUT2D eigenvalue weighted by atomic mass is 10.1. The summed E-state index contributed by atoms with van der Waals surface area (Å²) in [7, 11) is 0. The van der Waals surface area contributed by atoms with Gasteiger partial charge in [-0.05, 0) is 35.4 Å². The van der Waals surface area contributed by atoms with Crippen LogP contribution in [0.3, 0.4) is 0 Å². The quantitative estimate of drug-likeness (QED) is 0.399. The molecule has 0 unspecified atom stereocenters. The lowest BCUT2D eigenvalue weighted by Crippen LogP contribution is -1.97. The van der Waals surface area contributed by atoms with Crippen LogP contribution < -0.4 is 0 Å². The summed E-state index contributed by atoms with van der Waals surface area (Å²) < 4.78 is 2.25.